The van der Waals surface area contributed by atoms with E-state index in [-0.39, 0.29) is 5.41 Å². The van der Waals surface area contributed by atoms with E-state index in [9.17, 15) is 0 Å². The van der Waals surface area contributed by atoms with Crippen LogP contribution in [0.3, 0.4) is 0 Å². The van der Waals surface area contributed by atoms with Crippen LogP contribution in [0.15, 0.2) is 72.8 Å². The largest absolute Gasteiger partial charge is 0.494 e. The highest BCUT2D eigenvalue weighted by molar-refractivity contribution is 6.62. The lowest BCUT2D eigenvalue weighted by Gasteiger charge is -2.32. The van der Waals surface area contributed by atoms with Crippen molar-refractivity contribution in [2.75, 3.05) is 0 Å². The van der Waals surface area contributed by atoms with Gasteiger partial charge < -0.3 is 23.4 Å². The van der Waals surface area contributed by atoms with Crippen molar-refractivity contribution < 1.29 is 23.4 Å². The maximum absolute atomic E-state index is 6.81. The lowest BCUT2D eigenvalue weighted by atomic mass is 9.78. The van der Waals surface area contributed by atoms with Gasteiger partial charge in [-0.25, -0.2) is 4.68 Å². The van der Waals surface area contributed by atoms with E-state index in [4.69, 9.17) is 28.5 Å². The molecule has 0 spiro atoms. The number of rotatable bonds is 4. The average Bonchev–Trinajstić information content (AvgIpc) is 3.60. The molecule has 3 aromatic carbocycles. The molecule has 3 aliphatic rings. The first kappa shape index (κ1) is 32.2. The van der Waals surface area contributed by atoms with Gasteiger partial charge >= 0.3 is 14.2 Å². The first-order valence-corrected chi connectivity index (χ1v) is 16.7. The quantitative estimate of drug-likeness (QED) is 0.225. The second kappa shape index (κ2) is 10.6. The number of benzene rings is 3. The first-order chi connectivity index (χ1) is 21.9. The van der Waals surface area contributed by atoms with Crippen LogP contribution in [-0.2, 0) is 24.0 Å². The fourth-order valence-corrected chi connectivity index (χ4v) is 6.21. The van der Waals surface area contributed by atoms with Crippen molar-refractivity contribution in [2.24, 2.45) is 0 Å². The molecule has 7 nitrogen and oxygen atoms in total. The fraction of sp³-hybridized carbons (Fsp3) is 0.447. The van der Waals surface area contributed by atoms with E-state index >= 15 is 0 Å². The summed E-state index contributed by atoms with van der Waals surface area (Å²) in [4.78, 5) is 0. The number of hydrogen-bond donors (Lipinski definition) is 0. The van der Waals surface area contributed by atoms with E-state index in [2.05, 4.69) is 149 Å². The SMILES string of the molecule is CC(C)(C)c1ccc(C2Oc3cc(B4OC(C)(C)C(C)(C)O4)ccc3-c3cc(-c4ccc(B5OC(C)(C)C(C)(C)O5)cc4)nn32)cc1. The number of nitrogens with zero attached hydrogens (tertiary/aromatic N) is 2. The van der Waals surface area contributed by atoms with Gasteiger partial charge in [0.05, 0.1) is 33.8 Å². The summed E-state index contributed by atoms with van der Waals surface area (Å²) in [5, 5.41) is 5.14. The van der Waals surface area contributed by atoms with E-state index in [1.54, 1.807) is 0 Å². The fourth-order valence-electron chi connectivity index (χ4n) is 6.21. The van der Waals surface area contributed by atoms with E-state index in [0.717, 1.165) is 44.8 Å². The Bertz CT molecular complexity index is 1790. The summed E-state index contributed by atoms with van der Waals surface area (Å²) < 4.78 is 34.1. The zero-order chi connectivity index (χ0) is 33.7. The molecule has 4 heterocycles. The Labute approximate surface area is 280 Å². The minimum atomic E-state index is -0.483. The molecule has 1 aromatic heterocycles. The van der Waals surface area contributed by atoms with Crippen molar-refractivity contribution in [3.63, 3.8) is 0 Å². The van der Waals surface area contributed by atoms with Gasteiger partial charge in [-0.1, -0.05) is 75.4 Å². The van der Waals surface area contributed by atoms with Gasteiger partial charge in [-0.2, -0.15) is 5.10 Å². The molecule has 3 aliphatic heterocycles. The van der Waals surface area contributed by atoms with Crippen molar-refractivity contribution in [3.05, 3.63) is 83.9 Å². The summed E-state index contributed by atoms with van der Waals surface area (Å²) in [6, 6.07) is 25.4. The Hall–Kier alpha value is -3.36. The predicted octanol–water partition coefficient (Wildman–Crippen LogP) is 7.05. The minimum Gasteiger partial charge on any atom is -0.464 e. The van der Waals surface area contributed by atoms with Crippen LogP contribution in [0.25, 0.3) is 22.5 Å². The number of hydrogen-bond acceptors (Lipinski definition) is 6. The standard InChI is InChI=1S/C38H46B2N2O5/c1-34(2,3)26-16-12-25(13-17-26)33-42-31(29-21-20-28(22-32(29)43-33)40-46-37(8,9)38(10,11)47-40)23-30(41-42)24-14-18-27(19-15-24)39-44-35(4,5)36(6,7)45-39/h12-23,33H,1-11H3. The summed E-state index contributed by atoms with van der Waals surface area (Å²) in [6.45, 7) is 23.2. The third-order valence-corrected chi connectivity index (χ3v) is 10.8. The van der Waals surface area contributed by atoms with Crippen LogP contribution < -0.4 is 15.7 Å². The second-order valence-corrected chi connectivity index (χ2v) is 16.3. The molecule has 7 rings (SSSR count). The summed E-state index contributed by atoms with van der Waals surface area (Å²) in [5.41, 5.74) is 6.42. The van der Waals surface area contributed by atoms with Crippen molar-refractivity contribution in [2.45, 2.75) is 110 Å². The molecule has 1 unspecified atom stereocenters. The Morgan fingerprint density at radius 3 is 1.68 bits per heavy atom. The van der Waals surface area contributed by atoms with Gasteiger partial charge in [-0.15, -0.1) is 0 Å². The smallest absolute Gasteiger partial charge is 0.464 e. The Kier molecular flexibility index (Phi) is 7.24. The van der Waals surface area contributed by atoms with Gasteiger partial charge in [0.2, 0.25) is 6.23 Å². The third-order valence-electron chi connectivity index (χ3n) is 10.8. The normalized spacial score (nSPS) is 22.1. The lowest BCUT2D eigenvalue weighted by Crippen LogP contribution is -2.41. The molecule has 2 fully saturated rings. The van der Waals surface area contributed by atoms with Crippen LogP contribution in [0.1, 0.15) is 93.5 Å². The molecule has 1 atom stereocenters. The highest BCUT2D eigenvalue weighted by atomic mass is 16.7. The zero-order valence-corrected chi connectivity index (χ0v) is 29.6. The molecule has 0 saturated carbocycles. The van der Waals surface area contributed by atoms with E-state index in [1.807, 2.05) is 4.68 Å². The second-order valence-electron chi connectivity index (χ2n) is 16.3. The summed E-state index contributed by atoms with van der Waals surface area (Å²) in [6.07, 6.45) is -0.446. The van der Waals surface area contributed by atoms with E-state index < -0.39 is 42.9 Å². The first-order valence-electron chi connectivity index (χ1n) is 16.7. The number of fused-ring (bicyclic) bond motifs is 3. The van der Waals surface area contributed by atoms with Crippen LogP contribution in [-0.4, -0.2) is 46.4 Å². The summed E-state index contributed by atoms with van der Waals surface area (Å²) in [7, 11) is -0.897. The van der Waals surface area contributed by atoms with Crippen LogP contribution >= 0.6 is 0 Å². The molecule has 0 aliphatic carbocycles. The highest BCUT2D eigenvalue weighted by Gasteiger charge is 2.53. The van der Waals surface area contributed by atoms with Crippen molar-refractivity contribution in [1.82, 2.24) is 9.78 Å². The molecular formula is C38H46B2N2O5. The molecule has 2 saturated heterocycles. The van der Waals surface area contributed by atoms with Crippen LogP contribution in [0.4, 0.5) is 0 Å². The summed E-state index contributed by atoms with van der Waals surface area (Å²) in [5.74, 6) is 0.775. The van der Waals surface area contributed by atoms with Gasteiger partial charge in [0.25, 0.3) is 0 Å². The average molecular weight is 632 g/mol. The van der Waals surface area contributed by atoms with E-state index in [1.165, 1.54) is 5.56 Å². The lowest BCUT2D eigenvalue weighted by molar-refractivity contribution is 0.00578. The van der Waals surface area contributed by atoms with Crippen molar-refractivity contribution in [1.29, 1.82) is 0 Å². The number of aromatic nitrogens is 2. The monoisotopic (exact) mass is 632 g/mol. The van der Waals surface area contributed by atoms with Gasteiger partial charge in [0.1, 0.15) is 5.75 Å². The molecule has 244 valence electrons. The third kappa shape index (κ3) is 5.45. The van der Waals surface area contributed by atoms with Gasteiger partial charge in [-0.05, 0) is 95.5 Å². The van der Waals surface area contributed by atoms with Crippen LogP contribution in [0.2, 0.25) is 0 Å². The van der Waals surface area contributed by atoms with Gasteiger partial charge in [0.15, 0.2) is 0 Å². The Morgan fingerprint density at radius 2 is 1.15 bits per heavy atom. The topological polar surface area (TPSA) is 64.0 Å². The molecule has 0 N–H and O–H groups in total. The molecule has 0 amide bonds. The molecule has 0 bridgehead atoms. The van der Waals surface area contributed by atoms with Crippen LogP contribution in [0, 0.1) is 0 Å². The maximum atomic E-state index is 6.81. The van der Waals surface area contributed by atoms with Gasteiger partial charge in [0, 0.05) is 16.7 Å². The highest BCUT2D eigenvalue weighted by Crippen LogP contribution is 2.43. The van der Waals surface area contributed by atoms with Crippen molar-refractivity contribution in [3.8, 4) is 28.3 Å². The maximum Gasteiger partial charge on any atom is 0.494 e. The Balaban J connectivity index is 1.26. The molecule has 4 aromatic rings. The molecular weight excluding hydrogens is 586 g/mol. The molecule has 47 heavy (non-hydrogen) atoms. The van der Waals surface area contributed by atoms with E-state index in [0.29, 0.717) is 0 Å². The van der Waals surface area contributed by atoms with Crippen LogP contribution in [0.5, 0.6) is 5.75 Å². The zero-order valence-electron chi connectivity index (χ0n) is 29.6. The minimum absolute atomic E-state index is 0.0482. The summed E-state index contributed by atoms with van der Waals surface area (Å²) >= 11 is 0. The molecule has 9 heteroatoms. The predicted molar refractivity (Wildman–Crippen MR) is 188 cm³/mol. The molecule has 0 radical (unpaired) electrons. The van der Waals surface area contributed by atoms with Crippen molar-refractivity contribution >= 4 is 25.2 Å². The Morgan fingerprint density at radius 1 is 0.638 bits per heavy atom. The van der Waals surface area contributed by atoms with Gasteiger partial charge in [-0.3, -0.25) is 0 Å². The number of ether oxygens (including phenoxy) is 1.